The summed E-state index contributed by atoms with van der Waals surface area (Å²) in [5.41, 5.74) is 0. The van der Waals surface area contributed by atoms with E-state index in [0.717, 1.165) is 0 Å². The lowest BCUT2D eigenvalue weighted by molar-refractivity contribution is -0.248. The van der Waals surface area contributed by atoms with Crippen LogP contribution in [0, 0.1) is 0 Å². The van der Waals surface area contributed by atoms with Crippen molar-refractivity contribution in [3.63, 3.8) is 0 Å². The number of ether oxygens (including phenoxy) is 1. The highest BCUT2D eigenvalue weighted by atomic mass is 32.1. The van der Waals surface area contributed by atoms with E-state index in [4.69, 9.17) is 20.1 Å². The molecule has 0 unspecified atom stereocenters. The van der Waals surface area contributed by atoms with E-state index in [1.54, 1.807) is 0 Å². The van der Waals surface area contributed by atoms with Gasteiger partial charge in [-0.15, -0.1) is 0 Å². The SMILES string of the molecule is OC[C@H]1O[C@@H](O)[C@@H](O)[C@@H](O)[C@@H]1S. The fourth-order valence-corrected chi connectivity index (χ4v) is 1.42. The lowest BCUT2D eigenvalue weighted by Gasteiger charge is -2.37. The van der Waals surface area contributed by atoms with Crippen molar-refractivity contribution in [2.75, 3.05) is 6.61 Å². The first-order valence-electron chi connectivity index (χ1n) is 3.56. The number of aliphatic hydroxyl groups is 4. The third kappa shape index (κ3) is 1.73. The third-order valence-electron chi connectivity index (χ3n) is 1.87. The molecule has 0 amide bonds. The number of thiol groups is 1. The molecule has 0 spiro atoms. The Morgan fingerprint density at radius 1 is 1.17 bits per heavy atom. The Kier molecular flexibility index (Phi) is 3.33. The lowest BCUT2D eigenvalue weighted by Crippen LogP contribution is -2.56. The van der Waals surface area contributed by atoms with Crippen molar-refractivity contribution >= 4 is 12.6 Å². The minimum Gasteiger partial charge on any atom is -0.394 e. The largest absolute Gasteiger partial charge is 0.394 e. The molecule has 72 valence electrons. The summed E-state index contributed by atoms with van der Waals surface area (Å²) in [7, 11) is 0. The van der Waals surface area contributed by atoms with E-state index in [9.17, 15) is 5.11 Å². The molecule has 0 aliphatic carbocycles. The standard InChI is InChI=1S/C6H12O5S/c7-1-2-5(12)3(8)4(9)6(10)11-2/h2-10,12H,1H2/t2-,3-,4+,5-,6-/m1/s1. The van der Waals surface area contributed by atoms with Gasteiger partial charge in [0.2, 0.25) is 0 Å². The summed E-state index contributed by atoms with van der Waals surface area (Å²) in [5.74, 6) is 0. The van der Waals surface area contributed by atoms with Crippen LogP contribution in [0.5, 0.6) is 0 Å². The van der Waals surface area contributed by atoms with Crippen molar-refractivity contribution in [1.82, 2.24) is 0 Å². The van der Waals surface area contributed by atoms with Gasteiger partial charge in [0, 0.05) is 0 Å². The monoisotopic (exact) mass is 196 g/mol. The molecular weight excluding hydrogens is 184 g/mol. The number of hydrogen-bond donors (Lipinski definition) is 5. The van der Waals surface area contributed by atoms with E-state index in [1.807, 2.05) is 0 Å². The van der Waals surface area contributed by atoms with Crippen molar-refractivity contribution in [2.45, 2.75) is 29.9 Å². The Bertz CT molecular complexity index is 150. The molecule has 4 N–H and O–H groups in total. The predicted octanol–water partition coefficient (Wildman–Crippen LogP) is -2.28. The quantitative estimate of drug-likeness (QED) is 0.305. The highest BCUT2D eigenvalue weighted by Crippen LogP contribution is 2.23. The predicted molar refractivity (Wildman–Crippen MR) is 42.8 cm³/mol. The van der Waals surface area contributed by atoms with Gasteiger partial charge in [-0.1, -0.05) is 0 Å². The molecule has 1 aliphatic rings. The first-order chi connectivity index (χ1) is 5.57. The highest BCUT2D eigenvalue weighted by molar-refractivity contribution is 7.81. The zero-order valence-corrected chi connectivity index (χ0v) is 7.13. The first kappa shape index (κ1) is 10.2. The lowest BCUT2D eigenvalue weighted by atomic mass is 10.0. The van der Waals surface area contributed by atoms with E-state index < -0.39 is 29.9 Å². The van der Waals surface area contributed by atoms with Crippen LogP contribution in [0.3, 0.4) is 0 Å². The van der Waals surface area contributed by atoms with Gasteiger partial charge in [0.25, 0.3) is 0 Å². The van der Waals surface area contributed by atoms with Crippen molar-refractivity contribution in [1.29, 1.82) is 0 Å². The third-order valence-corrected chi connectivity index (χ3v) is 2.51. The van der Waals surface area contributed by atoms with E-state index in [-0.39, 0.29) is 6.61 Å². The van der Waals surface area contributed by atoms with Gasteiger partial charge in [-0.2, -0.15) is 12.6 Å². The minimum atomic E-state index is -1.46. The van der Waals surface area contributed by atoms with Crippen LogP contribution in [0.1, 0.15) is 0 Å². The van der Waals surface area contributed by atoms with E-state index in [2.05, 4.69) is 12.6 Å². The summed E-state index contributed by atoms with van der Waals surface area (Å²) < 4.78 is 4.75. The molecule has 0 aromatic carbocycles. The molecule has 1 aliphatic heterocycles. The van der Waals surface area contributed by atoms with Gasteiger partial charge in [-0.3, -0.25) is 0 Å². The van der Waals surface area contributed by atoms with Gasteiger partial charge in [0.15, 0.2) is 6.29 Å². The Hall–Kier alpha value is 0.150. The number of rotatable bonds is 1. The van der Waals surface area contributed by atoms with Crippen molar-refractivity contribution in [2.24, 2.45) is 0 Å². The average Bonchev–Trinajstić information content (AvgIpc) is 2.08. The molecule has 12 heavy (non-hydrogen) atoms. The molecule has 0 radical (unpaired) electrons. The topological polar surface area (TPSA) is 90.2 Å². The second-order valence-corrected chi connectivity index (χ2v) is 3.32. The maximum absolute atomic E-state index is 9.24. The zero-order valence-electron chi connectivity index (χ0n) is 6.24. The van der Waals surface area contributed by atoms with Gasteiger partial charge < -0.3 is 25.2 Å². The Labute approximate surface area is 75.0 Å². The van der Waals surface area contributed by atoms with E-state index >= 15 is 0 Å². The molecule has 6 heteroatoms. The van der Waals surface area contributed by atoms with Crippen LogP contribution in [0.4, 0.5) is 0 Å². The van der Waals surface area contributed by atoms with Gasteiger partial charge in [0.05, 0.1) is 24.1 Å². The van der Waals surface area contributed by atoms with Crippen LogP contribution in [0.15, 0.2) is 0 Å². The van der Waals surface area contributed by atoms with Crippen LogP contribution in [0.25, 0.3) is 0 Å². The van der Waals surface area contributed by atoms with E-state index in [1.165, 1.54) is 0 Å². The fourth-order valence-electron chi connectivity index (χ4n) is 1.08. The number of aliphatic hydroxyl groups excluding tert-OH is 4. The zero-order chi connectivity index (χ0) is 9.30. The highest BCUT2D eigenvalue weighted by Gasteiger charge is 2.41. The normalized spacial score (nSPS) is 49.2. The van der Waals surface area contributed by atoms with Crippen LogP contribution in [-0.2, 0) is 4.74 Å². The summed E-state index contributed by atoms with van der Waals surface area (Å²) in [4.78, 5) is 0. The molecular formula is C6H12O5S. The molecule has 1 fully saturated rings. The molecule has 5 atom stereocenters. The van der Waals surface area contributed by atoms with Crippen LogP contribution in [-0.4, -0.2) is 56.9 Å². The molecule has 0 aromatic rings. The van der Waals surface area contributed by atoms with Crippen molar-refractivity contribution in [3.05, 3.63) is 0 Å². The maximum Gasteiger partial charge on any atom is 0.183 e. The molecule has 0 aromatic heterocycles. The van der Waals surface area contributed by atoms with E-state index in [0.29, 0.717) is 0 Å². The van der Waals surface area contributed by atoms with Gasteiger partial charge in [0.1, 0.15) is 6.10 Å². The smallest absolute Gasteiger partial charge is 0.183 e. The fraction of sp³-hybridized carbons (Fsp3) is 1.00. The molecule has 1 saturated heterocycles. The van der Waals surface area contributed by atoms with Gasteiger partial charge >= 0.3 is 0 Å². The van der Waals surface area contributed by atoms with Crippen molar-refractivity contribution < 1.29 is 25.2 Å². The minimum absolute atomic E-state index is 0.352. The summed E-state index contributed by atoms with van der Waals surface area (Å²) >= 11 is 3.93. The Morgan fingerprint density at radius 3 is 2.25 bits per heavy atom. The molecule has 0 saturated carbocycles. The Balaban J connectivity index is 2.63. The van der Waals surface area contributed by atoms with Crippen molar-refractivity contribution in [3.8, 4) is 0 Å². The molecule has 0 bridgehead atoms. The number of hydrogen-bond acceptors (Lipinski definition) is 6. The van der Waals surface area contributed by atoms with Gasteiger partial charge in [-0.25, -0.2) is 0 Å². The van der Waals surface area contributed by atoms with Crippen LogP contribution in [0.2, 0.25) is 0 Å². The molecule has 1 heterocycles. The molecule has 1 rings (SSSR count). The second-order valence-electron chi connectivity index (χ2n) is 2.72. The van der Waals surface area contributed by atoms with Crippen LogP contribution < -0.4 is 0 Å². The second kappa shape index (κ2) is 3.91. The summed E-state index contributed by atoms with van der Waals surface area (Å²) in [5, 5.41) is 35.3. The Morgan fingerprint density at radius 2 is 1.75 bits per heavy atom. The van der Waals surface area contributed by atoms with Crippen LogP contribution >= 0.6 is 12.6 Å². The summed E-state index contributed by atoms with van der Waals surface area (Å²) in [6.45, 7) is -0.352. The maximum atomic E-state index is 9.24. The first-order valence-corrected chi connectivity index (χ1v) is 4.08. The average molecular weight is 196 g/mol. The summed E-state index contributed by atoms with van der Waals surface area (Å²) in [6.07, 6.45) is -4.76. The summed E-state index contributed by atoms with van der Waals surface area (Å²) in [6, 6.07) is 0. The molecule has 5 nitrogen and oxygen atoms in total. The van der Waals surface area contributed by atoms with Gasteiger partial charge in [-0.05, 0) is 0 Å².